The minimum absolute atomic E-state index is 0.0195. The van der Waals surface area contributed by atoms with E-state index in [1.165, 1.54) is 6.21 Å². The van der Waals surface area contributed by atoms with E-state index in [2.05, 4.69) is 15.8 Å². The monoisotopic (exact) mass is 415 g/mol. The molecule has 1 aliphatic rings. The molecule has 2 aromatic rings. The van der Waals surface area contributed by atoms with E-state index in [1.54, 1.807) is 24.3 Å². The van der Waals surface area contributed by atoms with Crippen LogP contribution in [0, 0.1) is 0 Å². The molecule has 1 aliphatic heterocycles. The van der Waals surface area contributed by atoms with Crippen molar-refractivity contribution in [2.24, 2.45) is 5.10 Å². The smallest absolute Gasteiger partial charge is 0.329 e. The average molecular weight is 416 g/mol. The van der Waals surface area contributed by atoms with E-state index in [1.807, 2.05) is 24.3 Å². The molecule has 1 fully saturated rings. The Balaban J connectivity index is 1.41. The zero-order chi connectivity index (χ0) is 20.5. The molecule has 3 rings (SSSR count). The fourth-order valence-corrected chi connectivity index (χ4v) is 2.93. The summed E-state index contributed by atoms with van der Waals surface area (Å²) in [6.07, 6.45) is 3.29. The lowest BCUT2D eigenvalue weighted by Crippen LogP contribution is -2.41. The molecule has 1 saturated heterocycles. The van der Waals surface area contributed by atoms with E-state index in [0.717, 1.165) is 24.0 Å². The van der Waals surface area contributed by atoms with Crippen molar-refractivity contribution < 1.29 is 19.1 Å². The van der Waals surface area contributed by atoms with Gasteiger partial charge in [-0.15, -0.1) is 0 Å². The first-order chi connectivity index (χ1) is 14.1. The number of amides is 2. The van der Waals surface area contributed by atoms with Gasteiger partial charge in [0.05, 0.1) is 12.3 Å². The molecule has 0 aliphatic carbocycles. The Hall–Kier alpha value is -2.90. The van der Waals surface area contributed by atoms with Gasteiger partial charge in [0.1, 0.15) is 12.4 Å². The maximum Gasteiger partial charge on any atom is 0.329 e. The molecule has 0 radical (unpaired) electrons. The largest absolute Gasteiger partial charge is 0.489 e. The van der Waals surface area contributed by atoms with Gasteiger partial charge in [0.15, 0.2) is 0 Å². The second-order valence-corrected chi connectivity index (χ2v) is 6.90. The zero-order valence-electron chi connectivity index (χ0n) is 15.8. The number of halogens is 1. The van der Waals surface area contributed by atoms with Crippen molar-refractivity contribution in [2.45, 2.75) is 25.6 Å². The Bertz CT molecular complexity index is 864. The molecule has 0 unspecified atom stereocenters. The van der Waals surface area contributed by atoms with Crippen molar-refractivity contribution in [1.29, 1.82) is 0 Å². The SMILES string of the molecule is O=C(NC[C@H]1CCCO1)C(=O)NN=Cc1ccc(OCc2ccccc2Cl)cc1. The molecule has 8 heteroatoms. The highest BCUT2D eigenvalue weighted by atomic mass is 35.5. The van der Waals surface area contributed by atoms with Crippen molar-refractivity contribution in [3.05, 3.63) is 64.7 Å². The Morgan fingerprint density at radius 1 is 1.17 bits per heavy atom. The van der Waals surface area contributed by atoms with Crippen LogP contribution in [0.2, 0.25) is 5.02 Å². The van der Waals surface area contributed by atoms with Gasteiger partial charge in [-0.3, -0.25) is 9.59 Å². The molecule has 152 valence electrons. The van der Waals surface area contributed by atoms with Gasteiger partial charge in [0.2, 0.25) is 0 Å². The van der Waals surface area contributed by atoms with Gasteiger partial charge in [-0.1, -0.05) is 29.8 Å². The van der Waals surface area contributed by atoms with E-state index < -0.39 is 11.8 Å². The van der Waals surface area contributed by atoms with Gasteiger partial charge < -0.3 is 14.8 Å². The average Bonchev–Trinajstić information content (AvgIpc) is 3.26. The molecule has 0 saturated carbocycles. The third-order valence-electron chi connectivity index (χ3n) is 4.33. The van der Waals surface area contributed by atoms with Crippen LogP contribution in [0.15, 0.2) is 53.6 Å². The summed E-state index contributed by atoms with van der Waals surface area (Å²) in [5.74, 6) is -0.875. The molecule has 2 aromatic carbocycles. The van der Waals surface area contributed by atoms with Crippen molar-refractivity contribution >= 4 is 29.6 Å². The third kappa shape index (κ3) is 6.58. The van der Waals surface area contributed by atoms with Crippen LogP contribution in [0.25, 0.3) is 0 Å². The summed E-state index contributed by atoms with van der Waals surface area (Å²) < 4.78 is 11.1. The summed E-state index contributed by atoms with van der Waals surface area (Å²) in [4.78, 5) is 23.5. The number of hydrazone groups is 1. The number of rotatable bonds is 7. The van der Waals surface area contributed by atoms with Gasteiger partial charge in [0.25, 0.3) is 0 Å². The van der Waals surface area contributed by atoms with Crippen LogP contribution in [-0.4, -0.2) is 37.3 Å². The summed E-state index contributed by atoms with van der Waals surface area (Å²) in [6, 6.07) is 14.6. The van der Waals surface area contributed by atoms with E-state index >= 15 is 0 Å². The summed E-state index contributed by atoms with van der Waals surface area (Å²) in [7, 11) is 0. The highest BCUT2D eigenvalue weighted by Crippen LogP contribution is 2.18. The van der Waals surface area contributed by atoms with Gasteiger partial charge in [0, 0.05) is 23.7 Å². The number of carbonyl (C=O) groups is 2. The number of ether oxygens (including phenoxy) is 2. The molecule has 2 N–H and O–H groups in total. The molecule has 0 aromatic heterocycles. The number of benzene rings is 2. The number of carbonyl (C=O) groups excluding carboxylic acids is 2. The highest BCUT2D eigenvalue weighted by Gasteiger charge is 2.18. The standard InChI is InChI=1S/C21H22ClN3O4/c22-19-6-2-1-4-16(19)14-29-17-9-7-15(8-10-17)12-24-25-21(27)20(26)23-13-18-5-3-11-28-18/h1-2,4,6-10,12,18H,3,5,11,13-14H2,(H,23,26)(H,25,27)/t18-/m1/s1. The second-order valence-electron chi connectivity index (χ2n) is 6.49. The predicted molar refractivity (Wildman–Crippen MR) is 110 cm³/mol. The van der Waals surface area contributed by atoms with E-state index in [0.29, 0.717) is 30.5 Å². The summed E-state index contributed by atoms with van der Waals surface area (Å²) in [6.45, 7) is 1.39. The first-order valence-electron chi connectivity index (χ1n) is 9.31. The van der Waals surface area contributed by atoms with Crippen LogP contribution in [0.3, 0.4) is 0 Å². The molecule has 2 amide bonds. The number of hydrogen-bond donors (Lipinski definition) is 2. The van der Waals surface area contributed by atoms with Crippen LogP contribution in [0.4, 0.5) is 0 Å². The lowest BCUT2D eigenvalue weighted by atomic mass is 10.2. The van der Waals surface area contributed by atoms with Crippen LogP contribution in [0.5, 0.6) is 5.75 Å². The summed E-state index contributed by atoms with van der Waals surface area (Å²) in [5, 5.41) is 7.00. The van der Waals surface area contributed by atoms with Crippen LogP contribution in [-0.2, 0) is 20.9 Å². The second kappa shape index (κ2) is 10.6. The fraction of sp³-hybridized carbons (Fsp3) is 0.286. The quantitative estimate of drug-likeness (QED) is 0.413. The fourth-order valence-electron chi connectivity index (χ4n) is 2.74. The number of nitrogens with one attached hydrogen (secondary N) is 2. The van der Waals surface area contributed by atoms with Crippen molar-refractivity contribution in [1.82, 2.24) is 10.7 Å². The Morgan fingerprint density at radius 2 is 1.97 bits per heavy atom. The third-order valence-corrected chi connectivity index (χ3v) is 4.70. The van der Waals surface area contributed by atoms with E-state index in [-0.39, 0.29) is 6.10 Å². The maximum atomic E-state index is 11.7. The first-order valence-corrected chi connectivity index (χ1v) is 9.69. The normalized spacial score (nSPS) is 16.0. The molecule has 29 heavy (non-hydrogen) atoms. The zero-order valence-corrected chi connectivity index (χ0v) is 16.5. The highest BCUT2D eigenvalue weighted by molar-refractivity contribution is 6.35. The van der Waals surface area contributed by atoms with Gasteiger partial charge in [-0.25, -0.2) is 5.43 Å². The number of nitrogens with zero attached hydrogens (tertiary/aromatic N) is 1. The van der Waals surface area contributed by atoms with Crippen LogP contribution in [0.1, 0.15) is 24.0 Å². The van der Waals surface area contributed by atoms with Crippen molar-refractivity contribution in [3.8, 4) is 5.75 Å². The predicted octanol–water partition coefficient (Wildman–Crippen LogP) is 2.66. The minimum atomic E-state index is -0.820. The van der Waals surface area contributed by atoms with Crippen molar-refractivity contribution in [2.75, 3.05) is 13.2 Å². The van der Waals surface area contributed by atoms with Gasteiger partial charge in [-0.05, 0) is 48.7 Å². The number of hydrogen-bond acceptors (Lipinski definition) is 5. The lowest BCUT2D eigenvalue weighted by molar-refractivity contribution is -0.139. The molecule has 1 atom stereocenters. The molecule has 1 heterocycles. The van der Waals surface area contributed by atoms with E-state index in [9.17, 15) is 9.59 Å². The lowest BCUT2D eigenvalue weighted by Gasteiger charge is -2.09. The topological polar surface area (TPSA) is 89.0 Å². The molecule has 7 nitrogen and oxygen atoms in total. The van der Waals surface area contributed by atoms with Crippen LogP contribution >= 0.6 is 11.6 Å². The molecular formula is C21H22ClN3O4. The Morgan fingerprint density at radius 3 is 2.69 bits per heavy atom. The Kier molecular flexibility index (Phi) is 7.61. The summed E-state index contributed by atoms with van der Waals surface area (Å²) in [5.41, 5.74) is 3.85. The molecule has 0 bridgehead atoms. The molecular weight excluding hydrogens is 394 g/mol. The minimum Gasteiger partial charge on any atom is -0.489 e. The first kappa shape index (κ1) is 20.8. The van der Waals surface area contributed by atoms with E-state index in [4.69, 9.17) is 21.1 Å². The van der Waals surface area contributed by atoms with Gasteiger partial charge >= 0.3 is 11.8 Å². The maximum absolute atomic E-state index is 11.7. The Labute approximate surface area is 174 Å². The molecule has 0 spiro atoms. The van der Waals surface area contributed by atoms with Crippen molar-refractivity contribution in [3.63, 3.8) is 0 Å². The summed E-state index contributed by atoms with van der Waals surface area (Å²) >= 11 is 6.11. The van der Waals surface area contributed by atoms with Crippen LogP contribution < -0.4 is 15.5 Å². The van der Waals surface area contributed by atoms with Gasteiger partial charge in [-0.2, -0.15) is 5.10 Å².